The summed E-state index contributed by atoms with van der Waals surface area (Å²) < 4.78 is 0. The quantitative estimate of drug-likeness (QED) is 0.564. The van der Waals surface area contributed by atoms with Gasteiger partial charge in [-0.3, -0.25) is 19.3 Å². The number of aryl methyl sites for hydroxylation is 2. The van der Waals surface area contributed by atoms with Crippen molar-refractivity contribution < 1.29 is 14.4 Å². The van der Waals surface area contributed by atoms with Crippen LogP contribution in [-0.2, 0) is 22.4 Å². The van der Waals surface area contributed by atoms with E-state index in [-0.39, 0.29) is 35.5 Å². The Morgan fingerprint density at radius 2 is 1.71 bits per heavy atom. The molecule has 1 fully saturated rings. The molecule has 3 amide bonds. The molecule has 0 radical (unpaired) electrons. The van der Waals surface area contributed by atoms with Crippen LogP contribution in [-0.4, -0.2) is 17.7 Å². The summed E-state index contributed by atoms with van der Waals surface area (Å²) in [6.07, 6.45) is 6.21. The molecule has 160 valence electrons. The van der Waals surface area contributed by atoms with Crippen molar-refractivity contribution in [1.82, 2.24) is 0 Å². The molecular weight excluding hydrogens is 388 g/mol. The van der Waals surface area contributed by atoms with Gasteiger partial charge in [-0.1, -0.05) is 57.2 Å². The Kier molecular flexibility index (Phi) is 5.77. The van der Waals surface area contributed by atoms with Crippen molar-refractivity contribution in [2.45, 2.75) is 40.0 Å². The van der Waals surface area contributed by atoms with Gasteiger partial charge < -0.3 is 5.32 Å². The third-order valence-electron chi connectivity index (χ3n) is 6.48. The number of rotatable bonds is 5. The van der Waals surface area contributed by atoms with Crippen LogP contribution < -0.4 is 10.2 Å². The maximum absolute atomic E-state index is 13.1. The normalized spacial score (nSPS) is 22.5. The van der Waals surface area contributed by atoms with Crippen LogP contribution in [0.3, 0.4) is 0 Å². The fourth-order valence-corrected chi connectivity index (χ4v) is 4.78. The smallest absolute Gasteiger partial charge is 0.255 e. The van der Waals surface area contributed by atoms with Crippen LogP contribution in [0.2, 0.25) is 0 Å². The van der Waals surface area contributed by atoms with E-state index >= 15 is 0 Å². The van der Waals surface area contributed by atoms with Crippen molar-refractivity contribution in [3.05, 3.63) is 71.3 Å². The summed E-state index contributed by atoms with van der Waals surface area (Å²) in [5.41, 5.74) is 3.90. The van der Waals surface area contributed by atoms with Crippen LogP contribution in [0.5, 0.6) is 0 Å². The van der Waals surface area contributed by atoms with Gasteiger partial charge in [0, 0.05) is 11.3 Å². The van der Waals surface area contributed by atoms with Crippen molar-refractivity contribution in [3.63, 3.8) is 0 Å². The second-order valence-corrected chi connectivity index (χ2v) is 8.33. The Balaban J connectivity index is 1.62. The molecule has 2 aromatic rings. The number of amides is 3. The van der Waals surface area contributed by atoms with E-state index in [2.05, 4.69) is 19.2 Å². The average molecular weight is 417 g/mol. The molecule has 1 N–H and O–H groups in total. The van der Waals surface area contributed by atoms with E-state index in [1.165, 1.54) is 4.90 Å². The topological polar surface area (TPSA) is 66.5 Å². The fourth-order valence-electron chi connectivity index (χ4n) is 4.78. The number of nitrogens with zero attached hydrogens (tertiary/aromatic N) is 1. The lowest BCUT2D eigenvalue weighted by molar-refractivity contribution is -0.122. The molecule has 0 unspecified atom stereocenters. The third kappa shape index (κ3) is 3.69. The van der Waals surface area contributed by atoms with E-state index in [4.69, 9.17) is 0 Å². The van der Waals surface area contributed by atoms with Gasteiger partial charge in [0.25, 0.3) is 5.91 Å². The predicted octanol–water partition coefficient (Wildman–Crippen LogP) is 4.77. The summed E-state index contributed by atoms with van der Waals surface area (Å²) >= 11 is 0. The number of anilines is 2. The Hall–Kier alpha value is -3.21. The molecule has 0 aromatic heterocycles. The van der Waals surface area contributed by atoms with E-state index in [0.717, 1.165) is 29.7 Å². The van der Waals surface area contributed by atoms with Gasteiger partial charge in [-0.2, -0.15) is 0 Å². The fraction of sp³-hybridized carbons (Fsp3) is 0.346. The molecule has 0 saturated carbocycles. The van der Waals surface area contributed by atoms with Gasteiger partial charge in [-0.05, 0) is 54.5 Å². The number of nitrogens with one attached hydrogen (secondary N) is 1. The van der Waals surface area contributed by atoms with Crippen LogP contribution >= 0.6 is 0 Å². The second-order valence-electron chi connectivity index (χ2n) is 8.33. The predicted molar refractivity (Wildman–Crippen MR) is 122 cm³/mol. The minimum atomic E-state index is -0.321. The Labute approximate surface area is 183 Å². The highest BCUT2D eigenvalue weighted by atomic mass is 16.2. The highest BCUT2D eigenvalue weighted by Crippen LogP contribution is 2.40. The molecule has 0 spiro atoms. The van der Waals surface area contributed by atoms with Crippen molar-refractivity contribution in [2.75, 3.05) is 10.2 Å². The van der Waals surface area contributed by atoms with E-state index < -0.39 is 0 Å². The van der Waals surface area contributed by atoms with Crippen molar-refractivity contribution in [2.24, 2.45) is 17.8 Å². The first kappa shape index (κ1) is 21.0. The number of carbonyl (C=O) groups is 3. The minimum absolute atomic E-state index is 0.0321. The van der Waals surface area contributed by atoms with E-state index in [1.807, 2.05) is 37.3 Å². The summed E-state index contributed by atoms with van der Waals surface area (Å²) in [6, 6.07) is 12.8. The molecule has 5 nitrogen and oxygen atoms in total. The van der Waals surface area contributed by atoms with Crippen molar-refractivity contribution in [1.29, 1.82) is 0 Å². The minimum Gasteiger partial charge on any atom is -0.321 e. The number of hydrogen-bond donors (Lipinski definition) is 1. The molecule has 3 atom stereocenters. The standard InChI is InChI=1S/C26H28N2O3/c1-4-17-10-7-11-18(5-2)23(17)27-24(29)19-12-8-13-20(15-19)28-25(30)21-14-6-9-16(3)22(21)26(28)31/h6-13,15-16,21-22H,4-5,14H2,1-3H3,(H,27,29)/t16-,21-,22+/m1/s1. The maximum Gasteiger partial charge on any atom is 0.255 e. The zero-order valence-electron chi connectivity index (χ0n) is 18.2. The van der Waals surface area contributed by atoms with Gasteiger partial charge in [0.1, 0.15) is 0 Å². The van der Waals surface area contributed by atoms with Gasteiger partial charge >= 0.3 is 0 Å². The lowest BCUT2D eigenvalue weighted by atomic mass is 9.78. The highest BCUT2D eigenvalue weighted by Gasteiger charge is 2.50. The summed E-state index contributed by atoms with van der Waals surface area (Å²) in [6.45, 7) is 6.10. The molecule has 1 aliphatic carbocycles. The largest absolute Gasteiger partial charge is 0.321 e. The van der Waals surface area contributed by atoms with Gasteiger partial charge in [0.05, 0.1) is 17.5 Å². The maximum atomic E-state index is 13.1. The first-order chi connectivity index (χ1) is 15.0. The van der Waals surface area contributed by atoms with Gasteiger partial charge in [0.2, 0.25) is 11.8 Å². The summed E-state index contributed by atoms with van der Waals surface area (Å²) in [7, 11) is 0. The number of para-hydroxylation sites is 1. The number of imide groups is 1. The number of carbonyl (C=O) groups excluding carboxylic acids is 3. The monoisotopic (exact) mass is 416 g/mol. The van der Waals surface area contributed by atoms with Crippen molar-refractivity contribution >= 4 is 29.1 Å². The molecule has 4 rings (SSSR count). The summed E-state index contributed by atoms with van der Waals surface area (Å²) in [5, 5.41) is 3.06. The van der Waals surface area contributed by atoms with Gasteiger partial charge in [-0.25, -0.2) is 0 Å². The first-order valence-electron chi connectivity index (χ1n) is 11.0. The zero-order chi connectivity index (χ0) is 22.1. The molecular formula is C26H28N2O3. The molecule has 5 heteroatoms. The van der Waals surface area contributed by atoms with E-state index in [9.17, 15) is 14.4 Å². The van der Waals surface area contributed by atoms with E-state index in [0.29, 0.717) is 17.7 Å². The first-order valence-corrected chi connectivity index (χ1v) is 11.0. The van der Waals surface area contributed by atoms with Gasteiger partial charge in [0.15, 0.2) is 0 Å². The summed E-state index contributed by atoms with van der Waals surface area (Å²) in [4.78, 5) is 40.4. The van der Waals surface area contributed by atoms with Crippen LogP contribution in [0.25, 0.3) is 0 Å². The van der Waals surface area contributed by atoms with Crippen LogP contribution in [0.1, 0.15) is 48.7 Å². The van der Waals surface area contributed by atoms with E-state index in [1.54, 1.807) is 24.3 Å². The lowest BCUT2D eigenvalue weighted by Gasteiger charge is -2.22. The van der Waals surface area contributed by atoms with Crippen LogP contribution in [0.4, 0.5) is 11.4 Å². The molecule has 0 bridgehead atoms. The number of hydrogen-bond acceptors (Lipinski definition) is 3. The van der Waals surface area contributed by atoms with Gasteiger partial charge in [-0.15, -0.1) is 0 Å². The molecule has 2 aliphatic rings. The lowest BCUT2D eigenvalue weighted by Crippen LogP contribution is -2.31. The van der Waals surface area contributed by atoms with Crippen molar-refractivity contribution in [3.8, 4) is 0 Å². The number of benzene rings is 2. The molecule has 1 aliphatic heterocycles. The SMILES string of the molecule is CCc1cccc(CC)c1NC(=O)c1cccc(N2C(=O)[C@H]3[C@H](C)C=CC[C@H]3C2=O)c1. The third-order valence-corrected chi connectivity index (χ3v) is 6.48. The Morgan fingerprint density at radius 3 is 2.35 bits per heavy atom. The zero-order valence-corrected chi connectivity index (χ0v) is 18.2. The number of fused-ring (bicyclic) bond motifs is 1. The Morgan fingerprint density at radius 1 is 1.03 bits per heavy atom. The molecule has 2 aromatic carbocycles. The second kappa shape index (κ2) is 8.50. The number of allylic oxidation sites excluding steroid dienone is 2. The molecule has 1 heterocycles. The molecule has 1 saturated heterocycles. The average Bonchev–Trinajstić information content (AvgIpc) is 3.05. The van der Waals surface area contributed by atoms with Crippen LogP contribution in [0, 0.1) is 17.8 Å². The van der Waals surface area contributed by atoms with Crippen LogP contribution in [0.15, 0.2) is 54.6 Å². The summed E-state index contributed by atoms with van der Waals surface area (Å²) in [5.74, 6) is -1.19. The Bertz CT molecular complexity index is 1050. The molecule has 31 heavy (non-hydrogen) atoms. The highest BCUT2D eigenvalue weighted by molar-refractivity contribution is 6.22.